The summed E-state index contributed by atoms with van der Waals surface area (Å²) in [6.07, 6.45) is 2.42. The first-order valence-corrected chi connectivity index (χ1v) is 10.1. The molecule has 0 bridgehead atoms. The minimum atomic E-state index is -3.25. The van der Waals surface area contributed by atoms with Gasteiger partial charge in [0.2, 0.25) is 10.0 Å². The Kier molecular flexibility index (Phi) is 7.13. The van der Waals surface area contributed by atoms with Crippen molar-refractivity contribution in [2.24, 2.45) is 0 Å². The van der Waals surface area contributed by atoms with Crippen LogP contribution >= 0.6 is 0 Å². The van der Waals surface area contributed by atoms with Crippen molar-refractivity contribution >= 4 is 21.4 Å². The topological polar surface area (TPSA) is 67.4 Å². The normalized spacial score (nSPS) is 11.1. The number of benzene rings is 2. The number of methoxy groups -OCH3 is 1. The third kappa shape index (κ3) is 6.66. The van der Waals surface area contributed by atoms with Gasteiger partial charge in [0.15, 0.2) is 0 Å². The maximum absolute atomic E-state index is 11.9. The van der Waals surface area contributed by atoms with Crippen LogP contribution in [0.1, 0.15) is 25.3 Å². The van der Waals surface area contributed by atoms with E-state index in [0.717, 1.165) is 30.8 Å². The van der Waals surface area contributed by atoms with Crippen LogP contribution < -0.4 is 14.8 Å². The Morgan fingerprint density at radius 1 is 0.960 bits per heavy atom. The van der Waals surface area contributed by atoms with Crippen molar-refractivity contribution in [2.45, 2.75) is 26.2 Å². The van der Waals surface area contributed by atoms with Crippen molar-refractivity contribution in [3.05, 3.63) is 54.1 Å². The van der Waals surface area contributed by atoms with Crippen molar-refractivity contribution in [1.29, 1.82) is 0 Å². The standard InChI is InChI=1S/C19H26N2O3S/c1-3-4-15-25(22,23)21-18-9-7-17(8-10-18)20-14-13-16-5-11-19(24-2)12-6-16/h5-12,20-21H,3-4,13-15H2,1-2H3. The van der Waals surface area contributed by atoms with Crippen LogP contribution in [-0.2, 0) is 16.4 Å². The zero-order valence-electron chi connectivity index (χ0n) is 14.8. The fraction of sp³-hybridized carbons (Fsp3) is 0.368. The summed E-state index contributed by atoms with van der Waals surface area (Å²) in [6, 6.07) is 15.3. The van der Waals surface area contributed by atoms with Crippen LogP contribution in [0.2, 0.25) is 0 Å². The van der Waals surface area contributed by atoms with Gasteiger partial charge >= 0.3 is 0 Å². The maximum atomic E-state index is 11.9. The SMILES string of the molecule is CCCCS(=O)(=O)Nc1ccc(NCCc2ccc(OC)cc2)cc1. The van der Waals surface area contributed by atoms with Gasteiger partial charge < -0.3 is 10.1 Å². The number of hydrogen-bond acceptors (Lipinski definition) is 4. The Morgan fingerprint density at radius 3 is 2.20 bits per heavy atom. The monoisotopic (exact) mass is 362 g/mol. The van der Waals surface area contributed by atoms with E-state index in [0.29, 0.717) is 12.1 Å². The molecule has 0 atom stereocenters. The maximum Gasteiger partial charge on any atom is 0.232 e. The van der Waals surface area contributed by atoms with Crippen LogP contribution in [0.15, 0.2) is 48.5 Å². The molecule has 0 saturated carbocycles. The Labute approximate surface area is 150 Å². The molecule has 0 radical (unpaired) electrons. The average Bonchev–Trinajstić information content (AvgIpc) is 2.62. The van der Waals surface area contributed by atoms with E-state index in [-0.39, 0.29) is 5.75 Å². The van der Waals surface area contributed by atoms with E-state index >= 15 is 0 Å². The van der Waals surface area contributed by atoms with Gasteiger partial charge in [0, 0.05) is 17.9 Å². The third-order valence-corrected chi connectivity index (χ3v) is 5.20. The zero-order valence-corrected chi connectivity index (χ0v) is 15.6. The second-order valence-corrected chi connectivity index (χ2v) is 7.72. The molecule has 5 nitrogen and oxygen atoms in total. The van der Waals surface area contributed by atoms with E-state index in [1.807, 2.05) is 31.2 Å². The predicted octanol–water partition coefficient (Wildman–Crippen LogP) is 3.89. The number of unbranched alkanes of at least 4 members (excludes halogenated alkanes) is 1. The zero-order chi connectivity index (χ0) is 18.1. The van der Waals surface area contributed by atoms with E-state index in [1.165, 1.54) is 5.56 Å². The molecular formula is C19H26N2O3S. The summed E-state index contributed by atoms with van der Waals surface area (Å²) in [5, 5.41) is 3.34. The molecule has 0 aliphatic heterocycles. The molecule has 0 aromatic heterocycles. The Hall–Kier alpha value is -2.21. The van der Waals surface area contributed by atoms with Gasteiger partial charge in [-0.2, -0.15) is 0 Å². The summed E-state index contributed by atoms with van der Waals surface area (Å²) in [4.78, 5) is 0. The second kappa shape index (κ2) is 9.32. The van der Waals surface area contributed by atoms with Gasteiger partial charge in [-0.05, 0) is 54.8 Å². The fourth-order valence-corrected chi connectivity index (χ4v) is 3.63. The quantitative estimate of drug-likeness (QED) is 0.673. The van der Waals surface area contributed by atoms with Gasteiger partial charge in [0.25, 0.3) is 0 Å². The molecule has 0 aliphatic carbocycles. The lowest BCUT2D eigenvalue weighted by atomic mass is 10.1. The van der Waals surface area contributed by atoms with Gasteiger partial charge in [-0.1, -0.05) is 25.5 Å². The molecule has 6 heteroatoms. The minimum Gasteiger partial charge on any atom is -0.497 e. The van der Waals surface area contributed by atoms with Crippen molar-refractivity contribution < 1.29 is 13.2 Å². The van der Waals surface area contributed by atoms with E-state index in [4.69, 9.17) is 4.74 Å². The van der Waals surface area contributed by atoms with Crippen LogP contribution in [0.4, 0.5) is 11.4 Å². The van der Waals surface area contributed by atoms with Gasteiger partial charge in [-0.15, -0.1) is 0 Å². The lowest BCUT2D eigenvalue weighted by Crippen LogP contribution is -2.16. The molecule has 2 aromatic rings. The van der Waals surface area contributed by atoms with Gasteiger partial charge in [0.05, 0.1) is 12.9 Å². The summed E-state index contributed by atoms with van der Waals surface area (Å²) in [7, 11) is -1.59. The summed E-state index contributed by atoms with van der Waals surface area (Å²) >= 11 is 0. The number of anilines is 2. The van der Waals surface area contributed by atoms with Gasteiger partial charge in [-0.25, -0.2) is 8.42 Å². The van der Waals surface area contributed by atoms with Crippen LogP contribution in [0, 0.1) is 0 Å². The largest absolute Gasteiger partial charge is 0.497 e. The van der Waals surface area contributed by atoms with Crippen LogP contribution in [0.3, 0.4) is 0 Å². The molecule has 25 heavy (non-hydrogen) atoms. The van der Waals surface area contributed by atoms with E-state index in [1.54, 1.807) is 19.2 Å². The number of sulfonamides is 1. The highest BCUT2D eigenvalue weighted by molar-refractivity contribution is 7.92. The molecule has 0 heterocycles. The van der Waals surface area contributed by atoms with Crippen molar-refractivity contribution in [3.63, 3.8) is 0 Å². The molecule has 0 fully saturated rings. The van der Waals surface area contributed by atoms with Gasteiger partial charge in [-0.3, -0.25) is 4.72 Å². The fourth-order valence-electron chi connectivity index (χ4n) is 2.36. The van der Waals surface area contributed by atoms with Crippen LogP contribution in [0.5, 0.6) is 5.75 Å². The highest BCUT2D eigenvalue weighted by Gasteiger charge is 2.09. The van der Waals surface area contributed by atoms with Crippen LogP contribution in [-0.4, -0.2) is 27.8 Å². The van der Waals surface area contributed by atoms with E-state index < -0.39 is 10.0 Å². The molecule has 0 amide bonds. The Bertz CT molecular complexity index is 741. The van der Waals surface area contributed by atoms with Crippen molar-refractivity contribution in [3.8, 4) is 5.75 Å². The first kappa shape index (κ1) is 19.1. The highest BCUT2D eigenvalue weighted by Crippen LogP contribution is 2.16. The van der Waals surface area contributed by atoms with Gasteiger partial charge in [0.1, 0.15) is 5.75 Å². The molecule has 2 N–H and O–H groups in total. The van der Waals surface area contributed by atoms with E-state index in [2.05, 4.69) is 22.2 Å². The Balaban J connectivity index is 1.81. The summed E-state index contributed by atoms with van der Waals surface area (Å²) in [6.45, 7) is 2.77. The minimum absolute atomic E-state index is 0.158. The second-order valence-electron chi connectivity index (χ2n) is 5.88. The summed E-state index contributed by atoms with van der Waals surface area (Å²) < 4.78 is 31.5. The highest BCUT2D eigenvalue weighted by atomic mass is 32.2. The van der Waals surface area contributed by atoms with E-state index in [9.17, 15) is 8.42 Å². The lowest BCUT2D eigenvalue weighted by molar-refractivity contribution is 0.414. The third-order valence-electron chi connectivity index (χ3n) is 3.83. The van der Waals surface area contributed by atoms with Crippen LogP contribution in [0.25, 0.3) is 0 Å². The first-order valence-electron chi connectivity index (χ1n) is 8.50. The Morgan fingerprint density at radius 2 is 1.60 bits per heavy atom. The molecule has 136 valence electrons. The smallest absolute Gasteiger partial charge is 0.232 e. The average molecular weight is 362 g/mol. The number of nitrogens with one attached hydrogen (secondary N) is 2. The molecule has 0 aliphatic rings. The lowest BCUT2D eigenvalue weighted by Gasteiger charge is -2.10. The predicted molar refractivity (Wildman–Crippen MR) is 104 cm³/mol. The molecule has 0 unspecified atom stereocenters. The number of ether oxygens (including phenoxy) is 1. The number of rotatable bonds is 10. The van der Waals surface area contributed by atoms with Crippen molar-refractivity contribution in [2.75, 3.05) is 29.4 Å². The summed E-state index contributed by atoms with van der Waals surface area (Å²) in [5.74, 6) is 1.01. The first-order chi connectivity index (χ1) is 12.0. The molecular weight excluding hydrogens is 336 g/mol. The molecule has 2 aromatic carbocycles. The molecule has 2 rings (SSSR count). The summed E-state index contributed by atoms with van der Waals surface area (Å²) in [5.41, 5.74) is 2.79. The molecule has 0 saturated heterocycles. The molecule has 0 spiro atoms. The number of hydrogen-bond donors (Lipinski definition) is 2. The van der Waals surface area contributed by atoms with Crippen molar-refractivity contribution in [1.82, 2.24) is 0 Å².